The normalized spacial score (nSPS) is 24.1. The van der Waals surface area contributed by atoms with Gasteiger partial charge in [0.1, 0.15) is 35.5 Å². The zero-order valence-corrected chi connectivity index (χ0v) is 43.1. The first-order chi connectivity index (χ1) is 37.6. The van der Waals surface area contributed by atoms with Crippen molar-refractivity contribution in [3.63, 3.8) is 0 Å². The monoisotopic (exact) mass is 1030 g/mol. The van der Waals surface area contributed by atoms with Gasteiger partial charge in [0.15, 0.2) is 0 Å². The molecular weight excluding hydrogens is 971 g/mol. The van der Waals surface area contributed by atoms with Gasteiger partial charge < -0.3 is 40.0 Å². The largest absolute Gasteiger partial charge is 0.491 e. The lowest BCUT2D eigenvalue weighted by molar-refractivity contribution is -0.177. The highest BCUT2D eigenvalue weighted by Crippen LogP contribution is 2.67. The Balaban J connectivity index is 1.18. The number of ether oxygens (including phenoxy) is 3. The van der Waals surface area contributed by atoms with Crippen LogP contribution >= 0.6 is 0 Å². The Morgan fingerprint density at radius 1 is 0.779 bits per heavy atom. The SMILES string of the molecule is C[C@@H](NC(=O)N1C(=O)[C@@]2(c3cc(C#CC4(O)CCCCCC4)ccc31)[C@H](C(=O)Nc1ccc(N3CCOCC3)cc1)[C@H]1C(=O)O[C@H](c3ccccc3)[C@H](c3ccccc3)N1[C@@H]2c1ccccc1OCCO)c1ccccc1. The van der Waals surface area contributed by atoms with Gasteiger partial charge in [0, 0.05) is 35.6 Å². The van der Waals surface area contributed by atoms with Crippen molar-refractivity contribution in [1.29, 1.82) is 0 Å². The molecule has 394 valence electrons. The molecule has 77 heavy (non-hydrogen) atoms. The number of anilines is 3. The number of rotatable bonds is 11. The fourth-order valence-electron chi connectivity index (χ4n) is 12.4. The Morgan fingerprint density at radius 3 is 2.12 bits per heavy atom. The van der Waals surface area contributed by atoms with Crippen LogP contribution in [0.5, 0.6) is 5.75 Å². The van der Waals surface area contributed by atoms with Gasteiger partial charge in [-0.3, -0.25) is 19.3 Å². The number of aliphatic hydroxyl groups excluding tert-OH is 1. The molecule has 4 heterocycles. The average molecular weight is 1030 g/mol. The first kappa shape index (κ1) is 51.3. The summed E-state index contributed by atoms with van der Waals surface area (Å²) in [6.45, 7) is 3.98. The molecular formula is C63H63N5O9. The van der Waals surface area contributed by atoms with E-state index in [2.05, 4.69) is 27.4 Å². The molecule has 6 aromatic carbocycles. The number of imide groups is 1. The number of amides is 4. The van der Waals surface area contributed by atoms with Gasteiger partial charge in [-0.1, -0.05) is 134 Å². The maximum absolute atomic E-state index is 17.0. The molecule has 4 N–H and O–H groups in total. The molecule has 4 fully saturated rings. The number of carbonyl (C=O) groups is 4. The molecule has 0 bridgehead atoms. The maximum Gasteiger partial charge on any atom is 0.329 e. The number of carbonyl (C=O) groups excluding carboxylic acids is 4. The van der Waals surface area contributed by atoms with Crippen molar-refractivity contribution >= 4 is 40.9 Å². The van der Waals surface area contributed by atoms with Gasteiger partial charge in [0.2, 0.25) is 11.8 Å². The van der Waals surface area contributed by atoms with Crippen LogP contribution in [-0.2, 0) is 29.3 Å². The Kier molecular flexibility index (Phi) is 14.7. The standard InChI is InChI=1S/C63H63N5O9/c1-42(44-17-7-4-8-18-44)64-61(73)67-51-30-25-43(31-34-62(74)32-15-2-3-16-33-62)41-50(51)63(60(67)72)53(58(70)65-47-26-28-48(29-27-47)66-35-38-75-39-36-66)55-59(71)77-56(46-21-11-6-12-22-46)54(45-19-9-5-10-20-45)68(55)57(63)49-23-13-14-24-52(49)76-40-37-69/h4-14,17-30,41-42,53-57,69,74H,2-3,15-16,32-33,35-40H2,1H3,(H,64,73)(H,65,70)/t42-,53+,54+,55+,56-,57-,63+/m1/s1. The number of hydrogen-bond acceptors (Lipinski definition) is 11. The van der Waals surface area contributed by atoms with E-state index in [1.165, 1.54) is 0 Å². The number of nitrogens with one attached hydrogen (secondary N) is 2. The second-order valence-corrected chi connectivity index (χ2v) is 20.7. The number of benzene rings is 6. The summed E-state index contributed by atoms with van der Waals surface area (Å²) >= 11 is 0. The minimum atomic E-state index is -2.13. The third-order valence-corrected chi connectivity index (χ3v) is 16.0. The first-order valence-corrected chi connectivity index (χ1v) is 26.8. The van der Waals surface area contributed by atoms with Crippen molar-refractivity contribution in [2.24, 2.45) is 5.92 Å². The fourth-order valence-corrected chi connectivity index (χ4v) is 12.4. The highest BCUT2D eigenvalue weighted by Gasteiger charge is 2.76. The van der Waals surface area contributed by atoms with Crippen molar-refractivity contribution in [3.8, 4) is 17.6 Å². The van der Waals surface area contributed by atoms with Gasteiger partial charge in [-0.2, -0.15) is 0 Å². The number of cyclic esters (lactones) is 1. The highest BCUT2D eigenvalue weighted by molar-refractivity contribution is 6.25. The third kappa shape index (κ3) is 9.74. The molecule has 3 saturated heterocycles. The summed E-state index contributed by atoms with van der Waals surface area (Å²) in [7, 11) is 0. The zero-order chi connectivity index (χ0) is 53.1. The zero-order valence-electron chi connectivity index (χ0n) is 43.1. The molecule has 0 aromatic heterocycles. The summed E-state index contributed by atoms with van der Waals surface area (Å²) < 4.78 is 18.7. The van der Waals surface area contributed by atoms with E-state index in [0.717, 1.165) is 47.4 Å². The Hall–Kier alpha value is -7.80. The van der Waals surface area contributed by atoms with Crippen molar-refractivity contribution in [2.45, 2.75) is 86.7 Å². The molecule has 6 aromatic rings. The summed E-state index contributed by atoms with van der Waals surface area (Å²) in [6.07, 6.45) is 3.69. The number of esters is 1. The van der Waals surface area contributed by atoms with Crippen LogP contribution in [0, 0.1) is 17.8 Å². The topological polar surface area (TPSA) is 170 Å². The summed E-state index contributed by atoms with van der Waals surface area (Å²) in [5, 5.41) is 28.4. The lowest BCUT2D eigenvalue weighted by atomic mass is 9.65. The lowest BCUT2D eigenvalue weighted by Gasteiger charge is -2.46. The van der Waals surface area contributed by atoms with E-state index in [9.17, 15) is 10.2 Å². The van der Waals surface area contributed by atoms with E-state index in [1.807, 2.05) is 127 Å². The number of fused-ring (bicyclic) bond motifs is 3. The number of para-hydroxylation sites is 1. The molecule has 1 spiro atoms. The second-order valence-electron chi connectivity index (χ2n) is 20.7. The molecule has 1 aliphatic carbocycles. The number of morpholine rings is 2. The van der Waals surface area contributed by atoms with Crippen LogP contribution in [0.2, 0.25) is 0 Å². The molecule has 11 rings (SSSR count). The number of hydrogen-bond donors (Lipinski definition) is 4. The third-order valence-electron chi connectivity index (χ3n) is 16.0. The maximum atomic E-state index is 17.0. The van der Waals surface area contributed by atoms with E-state index < -0.39 is 71.0 Å². The minimum absolute atomic E-state index is 0.111. The predicted molar refractivity (Wildman–Crippen MR) is 292 cm³/mol. The number of urea groups is 1. The molecule has 4 amide bonds. The summed E-state index contributed by atoms with van der Waals surface area (Å²) in [6, 6.07) is 43.3. The van der Waals surface area contributed by atoms with Gasteiger partial charge in [0.05, 0.1) is 49.6 Å². The van der Waals surface area contributed by atoms with Crippen molar-refractivity contribution < 1.29 is 43.6 Å². The van der Waals surface area contributed by atoms with Crippen LogP contribution in [0.1, 0.15) is 103 Å². The van der Waals surface area contributed by atoms with Crippen LogP contribution in [0.15, 0.2) is 158 Å². The Labute approximate surface area is 448 Å². The van der Waals surface area contributed by atoms with Gasteiger partial charge in [-0.25, -0.2) is 9.69 Å². The van der Waals surface area contributed by atoms with E-state index in [1.54, 1.807) is 42.5 Å². The Bertz CT molecular complexity index is 3170. The van der Waals surface area contributed by atoms with E-state index >= 15 is 19.2 Å². The number of aliphatic hydroxyl groups is 2. The van der Waals surface area contributed by atoms with E-state index in [4.69, 9.17) is 14.2 Å². The second kappa shape index (κ2) is 22.0. The van der Waals surface area contributed by atoms with Crippen molar-refractivity contribution in [1.82, 2.24) is 10.2 Å². The first-order valence-electron chi connectivity index (χ1n) is 26.8. The van der Waals surface area contributed by atoms with Crippen LogP contribution in [0.25, 0.3) is 0 Å². The number of nitrogens with zero attached hydrogens (tertiary/aromatic N) is 3. The van der Waals surface area contributed by atoms with Crippen LogP contribution in [-0.4, -0.2) is 90.1 Å². The predicted octanol–water partition coefficient (Wildman–Crippen LogP) is 9.11. The van der Waals surface area contributed by atoms with Crippen LogP contribution in [0.3, 0.4) is 0 Å². The minimum Gasteiger partial charge on any atom is -0.491 e. The average Bonchev–Trinajstić information content (AvgIpc) is 3.32. The quantitative estimate of drug-likeness (QED) is 0.0555. The lowest BCUT2D eigenvalue weighted by Crippen LogP contribution is -2.55. The molecule has 0 radical (unpaired) electrons. The van der Waals surface area contributed by atoms with Gasteiger partial charge in [-0.05, 0) is 103 Å². The Morgan fingerprint density at radius 2 is 1.43 bits per heavy atom. The molecule has 5 aliphatic rings. The highest BCUT2D eigenvalue weighted by atomic mass is 16.6. The molecule has 4 aliphatic heterocycles. The van der Waals surface area contributed by atoms with Crippen LogP contribution in [0.4, 0.5) is 21.9 Å². The van der Waals surface area contributed by atoms with Crippen LogP contribution < -0.4 is 25.2 Å². The van der Waals surface area contributed by atoms with Gasteiger partial charge >= 0.3 is 12.0 Å². The van der Waals surface area contributed by atoms with Gasteiger partial charge in [-0.15, -0.1) is 0 Å². The molecule has 1 saturated carbocycles. The van der Waals surface area contributed by atoms with E-state index in [0.29, 0.717) is 67.3 Å². The molecule has 0 unspecified atom stereocenters. The smallest absolute Gasteiger partial charge is 0.329 e. The van der Waals surface area contributed by atoms with Crippen molar-refractivity contribution in [2.75, 3.05) is 54.6 Å². The van der Waals surface area contributed by atoms with E-state index in [-0.39, 0.29) is 24.5 Å². The van der Waals surface area contributed by atoms with Gasteiger partial charge in [0.25, 0.3) is 0 Å². The molecule has 14 nitrogen and oxygen atoms in total. The summed E-state index contributed by atoms with van der Waals surface area (Å²) in [4.78, 5) is 69.7. The summed E-state index contributed by atoms with van der Waals surface area (Å²) in [5.74, 6) is 3.01. The molecule has 7 atom stereocenters. The summed E-state index contributed by atoms with van der Waals surface area (Å²) in [5.41, 5.74) is 1.54. The molecule has 14 heteroatoms. The van der Waals surface area contributed by atoms with Crippen molar-refractivity contribution in [3.05, 3.63) is 191 Å². The fraction of sp³-hybridized carbons (Fsp3) is 0.333.